The van der Waals surface area contributed by atoms with E-state index in [1.54, 1.807) is 0 Å². The van der Waals surface area contributed by atoms with Crippen molar-refractivity contribution >= 4 is 35.1 Å². The summed E-state index contributed by atoms with van der Waals surface area (Å²) in [5.41, 5.74) is 0.671. The summed E-state index contributed by atoms with van der Waals surface area (Å²) in [5, 5.41) is 169. The number of hydrogen-bond acceptors (Lipinski definition) is 31. The molecular weight excluding hydrogens is 1220 g/mol. The lowest BCUT2D eigenvalue weighted by Gasteiger charge is -2.41. The van der Waals surface area contributed by atoms with Crippen LogP contribution in [0, 0.1) is 0 Å². The summed E-state index contributed by atoms with van der Waals surface area (Å²) in [7, 11) is 2.49. The van der Waals surface area contributed by atoms with Gasteiger partial charge in [-0.1, -0.05) is 18.2 Å². The Morgan fingerprint density at radius 2 is 1.07 bits per heavy atom. The Labute approximate surface area is 514 Å². The van der Waals surface area contributed by atoms with Gasteiger partial charge in [-0.15, -0.1) is 0 Å². The minimum atomic E-state index is -2.04. The van der Waals surface area contributed by atoms with Gasteiger partial charge in [-0.2, -0.15) is 0 Å². The summed E-state index contributed by atoms with van der Waals surface area (Å²) in [6.07, 6.45) is -30.0. The number of benzene rings is 4. The van der Waals surface area contributed by atoms with E-state index in [4.69, 9.17) is 66.3 Å². The molecule has 16 N–H and O–H groups in total. The summed E-state index contributed by atoms with van der Waals surface area (Å²) in [6.45, 7) is -0.792. The first-order chi connectivity index (χ1) is 43.4. The first-order valence-electron chi connectivity index (χ1n) is 27.8. The predicted octanol–water partition coefficient (Wildman–Crippen LogP) is -1.93. The van der Waals surface area contributed by atoms with E-state index < -0.39 is 172 Å². The van der Waals surface area contributed by atoms with Crippen LogP contribution in [0.4, 0.5) is 0 Å². The monoisotopic (exact) mass is 1290 g/mol. The van der Waals surface area contributed by atoms with Crippen molar-refractivity contribution in [3.63, 3.8) is 0 Å². The molecule has 1 aromatic heterocycles. The van der Waals surface area contributed by atoms with Crippen molar-refractivity contribution in [3.8, 4) is 63.1 Å². The van der Waals surface area contributed by atoms with E-state index in [0.29, 0.717) is 11.1 Å². The minimum Gasteiger partial charge on any atom is -0.507 e. The molecule has 4 aromatic carbocycles. The highest BCUT2D eigenvalue weighted by Crippen LogP contribution is 2.46. The fraction of sp³-hybridized carbons (Fsp3) is 0.441. The molecule has 0 saturated carbocycles. The van der Waals surface area contributed by atoms with Gasteiger partial charge < -0.3 is 134 Å². The van der Waals surface area contributed by atoms with Crippen LogP contribution in [-0.2, 0) is 47.8 Å². The second kappa shape index (κ2) is 29.2. The van der Waals surface area contributed by atoms with Crippen LogP contribution >= 0.6 is 0 Å². The van der Waals surface area contributed by atoms with Gasteiger partial charge in [-0.05, 0) is 54.5 Å². The maximum Gasteiger partial charge on any atom is 0.402 e. The molecule has 0 unspecified atom stereocenters. The van der Waals surface area contributed by atoms with Crippen LogP contribution < -0.4 is 23.7 Å². The molecule has 0 amide bonds. The molecule has 32 nitrogen and oxygen atoms in total. The maximum absolute atomic E-state index is 13.0. The minimum absolute atomic E-state index is 0.0575. The molecule has 32 heteroatoms. The molecule has 4 aliphatic heterocycles. The summed E-state index contributed by atoms with van der Waals surface area (Å²) in [6, 6.07) is 15.6. The fourth-order valence-corrected chi connectivity index (χ4v) is 9.87. The third-order valence-corrected chi connectivity index (χ3v) is 15.0. The van der Waals surface area contributed by atoms with Crippen LogP contribution in [0.15, 0.2) is 89.4 Å². The van der Waals surface area contributed by atoms with E-state index in [9.17, 15) is 91.3 Å². The Kier molecular flexibility index (Phi) is 21.7. The lowest BCUT2D eigenvalue weighted by atomic mass is 9.99. The summed E-state index contributed by atoms with van der Waals surface area (Å²) in [5.74, 6) is -4.58. The van der Waals surface area contributed by atoms with E-state index in [1.807, 2.05) is 0 Å². The van der Waals surface area contributed by atoms with Gasteiger partial charge in [0.2, 0.25) is 36.7 Å². The summed E-state index contributed by atoms with van der Waals surface area (Å²) in [4.78, 5) is 35.9. The molecule has 4 aliphatic rings. The van der Waals surface area contributed by atoms with Gasteiger partial charge in [0.1, 0.15) is 121 Å². The van der Waals surface area contributed by atoms with Crippen molar-refractivity contribution in [3.05, 3.63) is 96.1 Å². The highest BCUT2D eigenvalue weighted by atomic mass is 17.2. The fourth-order valence-electron chi connectivity index (χ4n) is 9.87. The lowest BCUT2D eigenvalue weighted by molar-refractivity contribution is -0.432. The van der Waals surface area contributed by atoms with Crippen molar-refractivity contribution in [2.75, 3.05) is 34.0 Å². The number of aliphatic hydroxyl groups is 12. The number of phenolic OH excluding ortho intramolecular Hbond substituents is 4. The smallest absolute Gasteiger partial charge is 0.402 e. The van der Waals surface area contributed by atoms with Gasteiger partial charge in [-0.25, -0.2) is 23.8 Å². The average molecular weight is 1290 g/mol. The number of rotatable bonds is 21. The molecule has 20 atom stereocenters. The van der Waals surface area contributed by atoms with Gasteiger partial charge >= 0.3 is 23.3 Å². The van der Waals surface area contributed by atoms with Gasteiger partial charge in [0.25, 0.3) is 0 Å². The zero-order chi connectivity index (χ0) is 65.7. The third kappa shape index (κ3) is 15.2. The first kappa shape index (κ1) is 67.6. The zero-order valence-electron chi connectivity index (χ0n) is 48.1. The molecule has 0 radical (unpaired) electrons. The number of carbonyl (C=O) groups is 2. The Bertz CT molecular complexity index is 3350. The largest absolute Gasteiger partial charge is 0.507 e. The summed E-state index contributed by atoms with van der Waals surface area (Å²) >= 11 is 0. The number of carbonyl (C=O) groups excluding carboxylic acids is 2. The van der Waals surface area contributed by atoms with Crippen molar-refractivity contribution in [2.24, 2.45) is 0 Å². The van der Waals surface area contributed by atoms with Crippen LogP contribution in [0.25, 0.3) is 34.4 Å². The zero-order valence-corrected chi connectivity index (χ0v) is 48.1. The molecule has 5 aromatic rings. The van der Waals surface area contributed by atoms with E-state index >= 15 is 0 Å². The second-order valence-electron chi connectivity index (χ2n) is 21.2. The van der Waals surface area contributed by atoms with E-state index in [1.165, 1.54) is 94.0 Å². The number of ether oxygens (including phenoxy) is 11. The van der Waals surface area contributed by atoms with Crippen LogP contribution in [0.2, 0.25) is 0 Å². The van der Waals surface area contributed by atoms with Crippen molar-refractivity contribution in [1.82, 2.24) is 0 Å². The van der Waals surface area contributed by atoms with Gasteiger partial charge in [-0.3, -0.25) is 0 Å². The number of esters is 2. The SMILES string of the molecule is COc1cc(-c2[o+]c3cc(O)cc(O[C@@H]4O[C@H](CO)[C@@H](O)[C@H](O)[C@H]4O)c3cc2O[C@@H]2O[C@H](COO[C@@H]3O[C@@H](C)[C@H](OC(=O)/C=C/c4ccc(O[C@@H]5O[C@H](COC(=O)C=Cc6ccc(O)c(O)c6)[C@@H](O)[C@H](O)[C@H]5O)cc4)[C@@H](O)[C@H]3O)[C@@H](O)[C@H](O)[C@H]2O)cc(OC)c1O. The Morgan fingerprint density at radius 3 is 1.67 bits per heavy atom. The Morgan fingerprint density at radius 1 is 0.527 bits per heavy atom. The molecule has 4 saturated heterocycles. The third-order valence-electron chi connectivity index (χ3n) is 15.0. The molecule has 4 fully saturated rings. The predicted molar refractivity (Wildman–Crippen MR) is 300 cm³/mol. The number of fused-ring (bicyclic) bond motifs is 1. The van der Waals surface area contributed by atoms with Crippen LogP contribution in [0.3, 0.4) is 0 Å². The van der Waals surface area contributed by atoms with E-state index in [-0.39, 0.29) is 56.8 Å². The first-order valence-corrected chi connectivity index (χ1v) is 27.8. The summed E-state index contributed by atoms with van der Waals surface area (Å²) < 4.78 is 67.9. The Balaban J connectivity index is 0.805. The van der Waals surface area contributed by atoms with Crippen molar-refractivity contribution in [2.45, 2.75) is 130 Å². The molecule has 0 aliphatic carbocycles. The van der Waals surface area contributed by atoms with Gasteiger partial charge in [0.05, 0.1) is 38.6 Å². The second-order valence-corrected chi connectivity index (χ2v) is 21.2. The van der Waals surface area contributed by atoms with Gasteiger partial charge in [0.15, 0.2) is 29.1 Å². The van der Waals surface area contributed by atoms with Crippen LogP contribution in [0.1, 0.15) is 18.1 Å². The quantitative estimate of drug-likeness (QED) is 0.00950. The number of methoxy groups -OCH3 is 2. The van der Waals surface area contributed by atoms with Crippen LogP contribution in [-0.4, -0.2) is 251 Å². The molecule has 5 heterocycles. The normalized spacial score (nSPS) is 31.9. The van der Waals surface area contributed by atoms with E-state index in [0.717, 1.165) is 24.3 Å². The molecular formula is C59H67O32+. The number of hydrogen-bond donors (Lipinski definition) is 16. The van der Waals surface area contributed by atoms with Gasteiger partial charge in [0, 0.05) is 36.4 Å². The molecule has 91 heavy (non-hydrogen) atoms. The molecule has 0 spiro atoms. The highest BCUT2D eigenvalue weighted by molar-refractivity contribution is 5.90. The average Bonchev–Trinajstić information content (AvgIpc) is 1.16. The highest BCUT2D eigenvalue weighted by Gasteiger charge is 2.50. The maximum atomic E-state index is 13.0. The molecule has 0 bridgehead atoms. The standard InChI is InChI=1S/C59H66O32/c1-23-54(90-41(65)13-7-24-4-9-28(10-5-24)83-56-50(74)47(71)44(68)38(88-56)21-80-40(64)12-8-25-6-11-30(62)31(63)14-25)49(73)53(77)59(82-23)91-81-22-39-45(69)48(72)52(76)58(89-39)86-36-19-29-32(84-55(36)26-15-34(78-2)42(66)35(16-26)79-3)17-27(61)18-33(29)85-57-51(75)46(70)43(67)37(20-60)87-57/h4-19,23,37-39,43-54,56-60,67-77H,20-22H2,1-3H3,(H3-,61,62,63,64,66)/p+1/b13-7+/t23-,37+,38+,39+,43+,44+,45+,46-,47-,48-,49-,50+,51+,52+,53+,54-,56+,57+,58+,59-/m0/s1. The molecule has 9 rings (SSSR count). The van der Waals surface area contributed by atoms with Crippen molar-refractivity contribution < 1.29 is 158 Å². The lowest BCUT2D eigenvalue weighted by Crippen LogP contribution is -2.60. The topological polar surface area (TPSA) is 489 Å². The molecule has 494 valence electrons. The van der Waals surface area contributed by atoms with Crippen molar-refractivity contribution in [1.29, 1.82) is 0 Å². The van der Waals surface area contributed by atoms with Crippen LogP contribution in [0.5, 0.6) is 51.7 Å². The number of aromatic hydroxyl groups is 4. The number of aliphatic hydroxyl groups excluding tert-OH is 12. The Hall–Kier alpha value is -7.81. The number of phenols is 4. The van der Waals surface area contributed by atoms with E-state index in [2.05, 4.69) is 0 Å².